The molecule has 0 unspecified atom stereocenters. The predicted molar refractivity (Wildman–Crippen MR) is 120 cm³/mol. The average molecular weight is 474 g/mol. The number of aryl methyl sites for hydroxylation is 2. The van der Waals surface area contributed by atoms with Crippen molar-refractivity contribution in [1.29, 1.82) is 0 Å². The molecule has 0 bridgehead atoms. The van der Waals surface area contributed by atoms with Crippen molar-refractivity contribution in [2.75, 3.05) is 11.1 Å². The van der Waals surface area contributed by atoms with Gasteiger partial charge >= 0.3 is 0 Å². The maximum absolute atomic E-state index is 12.5. The average Bonchev–Trinajstić information content (AvgIpc) is 3.48. The van der Waals surface area contributed by atoms with Crippen molar-refractivity contribution in [3.05, 3.63) is 45.0 Å². The number of thioether (sulfide) groups is 1. The topological polar surface area (TPSA) is 54.9 Å². The van der Waals surface area contributed by atoms with Gasteiger partial charge in [-0.3, -0.25) is 4.79 Å². The first-order valence-corrected chi connectivity index (χ1v) is 12.3. The van der Waals surface area contributed by atoms with E-state index in [4.69, 9.17) is 9.97 Å². The number of para-hydroxylation sites is 1. The van der Waals surface area contributed by atoms with E-state index in [0.717, 1.165) is 38.7 Å². The maximum Gasteiger partial charge on any atom is 0.234 e. The van der Waals surface area contributed by atoms with E-state index in [-0.39, 0.29) is 5.91 Å². The molecule has 2 heterocycles. The summed E-state index contributed by atoms with van der Waals surface area (Å²) >= 11 is 6.87. The Morgan fingerprint density at radius 1 is 1.21 bits per heavy atom. The standard InChI is InChI=1S/C21H20BrN3OS2/c22-14-6-2-3-7-15(14)23-17(26)11-27-20-18-13-5-1-4-8-16(13)28-21(18)25-19(24-20)12-9-10-12/h2-3,6-7,12H,1,4-5,8-11H2,(H,23,26). The van der Waals surface area contributed by atoms with E-state index < -0.39 is 0 Å². The van der Waals surface area contributed by atoms with Gasteiger partial charge in [-0.2, -0.15) is 0 Å². The molecule has 0 radical (unpaired) electrons. The van der Waals surface area contributed by atoms with Gasteiger partial charge in [-0.25, -0.2) is 9.97 Å². The fraction of sp³-hybridized carbons (Fsp3) is 0.381. The molecule has 1 saturated carbocycles. The van der Waals surface area contributed by atoms with Gasteiger partial charge in [-0.15, -0.1) is 11.3 Å². The minimum absolute atomic E-state index is 0.0132. The molecule has 4 nitrogen and oxygen atoms in total. The predicted octanol–water partition coefficient (Wildman–Crippen LogP) is 5.94. The highest BCUT2D eigenvalue weighted by Gasteiger charge is 2.29. The molecule has 0 aliphatic heterocycles. The Hall–Kier alpha value is -1.44. The molecule has 2 aliphatic rings. The molecule has 144 valence electrons. The first-order valence-electron chi connectivity index (χ1n) is 9.68. The molecule has 0 atom stereocenters. The van der Waals surface area contributed by atoms with Crippen LogP contribution in [0.15, 0.2) is 33.8 Å². The van der Waals surface area contributed by atoms with Gasteiger partial charge in [0.25, 0.3) is 0 Å². The van der Waals surface area contributed by atoms with Gasteiger partial charge in [0, 0.05) is 20.7 Å². The zero-order valence-corrected chi connectivity index (χ0v) is 18.6. The van der Waals surface area contributed by atoms with Gasteiger partial charge in [0.2, 0.25) is 5.91 Å². The lowest BCUT2D eigenvalue weighted by Crippen LogP contribution is -2.14. The Morgan fingerprint density at radius 3 is 2.86 bits per heavy atom. The molecule has 1 amide bonds. The number of fused-ring (bicyclic) bond motifs is 3. The van der Waals surface area contributed by atoms with E-state index in [1.165, 1.54) is 41.5 Å². The van der Waals surface area contributed by atoms with Crippen LogP contribution in [0.3, 0.4) is 0 Å². The van der Waals surface area contributed by atoms with Crippen LogP contribution in [0.1, 0.15) is 47.9 Å². The fourth-order valence-electron chi connectivity index (χ4n) is 3.65. The number of nitrogens with zero attached hydrogens (tertiary/aromatic N) is 2. The molecule has 7 heteroatoms. The SMILES string of the molecule is O=C(CSc1nc(C2CC2)nc2sc3c(c12)CCCC3)Nc1ccccc1Br. The summed E-state index contributed by atoms with van der Waals surface area (Å²) in [6.07, 6.45) is 7.13. The largest absolute Gasteiger partial charge is 0.324 e. The summed E-state index contributed by atoms with van der Waals surface area (Å²) in [6, 6.07) is 7.68. The van der Waals surface area contributed by atoms with Crippen LogP contribution in [0.25, 0.3) is 10.2 Å². The van der Waals surface area contributed by atoms with Crippen LogP contribution in [-0.4, -0.2) is 21.6 Å². The van der Waals surface area contributed by atoms with Crippen LogP contribution in [-0.2, 0) is 17.6 Å². The Morgan fingerprint density at radius 2 is 2.04 bits per heavy atom. The summed E-state index contributed by atoms with van der Waals surface area (Å²) in [5.74, 6) is 1.82. The molecular formula is C21H20BrN3OS2. The van der Waals surface area contributed by atoms with Crippen LogP contribution in [0.5, 0.6) is 0 Å². The highest BCUT2D eigenvalue weighted by molar-refractivity contribution is 9.10. The number of halogens is 1. The number of benzene rings is 1. The zero-order valence-electron chi connectivity index (χ0n) is 15.3. The van der Waals surface area contributed by atoms with Crippen LogP contribution in [0, 0.1) is 0 Å². The van der Waals surface area contributed by atoms with Crippen LogP contribution >= 0.6 is 39.0 Å². The summed E-state index contributed by atoms with van der Waals surface area (Å²) in [4.78, 5) is 24.9. The summed E-state index contributed by atoms with van der Waals surface area (Å²) in [5, 5.41) is 5.19. The van der Waals surface area contributed by atoms with Crippen molar-refractivity contribution >= 4 is 60.8 Å². The Bertz CT molecular complexity index is 1060. The highest BCUT2D eigenvalue weighted by Crippen LogP contribution is 2.44. The molecule has 1 aromatic carbocycles. The number of amides is 1. The van der Waals surface area contributed by atoms with E-state index >= 15 is 0 Å². The number of carbonyl (C=O) groups is 1. The van der Waals surface area contributed by atoms with Crippen molar-refractivity contribution in [3.8, 4) is 0 Å². The molecule has 2 aliphatic carbocycles. The smallest absolute Gasteiger partial charge is 0.234 e. The fourth-order valence-corrected chi connectivity index (χ4v) is 6.23. The van der Waals surface area contributed by atoms with Crippen molar-refractivity contribution in [2.45, 2.75) is 49.5 Å². The maximum atomic E-state index is 12.5. The van der Waals surface area contributed by atoms with Gasteiger partial charge in [-0.05, 0) is 72.2 Å². The van der Waals surface area contributed by atoms with E-state index in [0.29, 0.717) is 11.7 Å². The Balaban J connectivity index is 1.42. The van der Waals surface area contributed by atoms with Gasteiger partial charge in [-0.1, -0.05) is 23.9 Å². The van der Waals surface area contributed by atoms with Crippen LogP contribution in [0.4, 0.5) is 5.69 Å². The Labute approximate surface area is 180 Å². The zero-order chi connectivity index (χ0) is 19.1. The molecule has 2 aromatic heterocycles. The number of nitrogens with one attached hydrogen (secondary N) is 1. The lowest BCUT2D eigenvalue weighted by molar-refractivity contribution is -0.113. The first kappa shape index (κ1) is 18.6. The van der Waals surface area contributed by atoms with Gasteiger partial charge in [0.1, 0.15) is 15.7 Å². The number of thiophene rings is 1. The summed E-state index contributed by atoms with van der Waals surface area (Å²) in [5.41, 5.74) is 2.23. The number of hydrogen-bond acceptors (Lipinski definition) is 5. The first-order chi connectivity index (χ1) is 13.7. The van der Waals surface area contributed by atoms with Gasteiger partial charge in [0.15, 0.2) is 0 Å². The van der Waals surface area contributed by atoms with E-state index in [1.807, 2.05) is 35.6 Å². The normalized spacial score (nSPS) is 16.2. The molecule has 0 saturated heterocycles. The quantitative estimate of drug-likeness (QED) is 0.367. The lowest BCUT2D eigenvalue weighted by Gasteiger charge is -2.12. The highest BCUT2D eigenvalue weighted by atomic mass is 79.9. The molecule has 1 fully saturated rings. The third-order valence-electron chi connectivity index (χ3n) is 5.23. The van der Waals surface area contributed by atoms with Crippen molar-refractivity contribution in [2.24, 2.45) is 0 Å². The molecule has 5 rings (SSSR count). The van der Waals surface area contributed by atoms with E-state index in [1.54, 1.807) is 11.8 Å². The summed E-state index contributed by atoms with van der Waals surface area (Å²) in [6.45, 7) is 0. The molecule has 1 N–H and O–H groups in total. The minimum atomic E-state index is -0.0132. The second-order valence-corrected chi connectivity index (χ2v) is 10.3. The molecule has 28 heavy (non-hydrogen) atoms. The summed E-state index contributed by atoms with van der Waals surface area (Å²) < 4.78 is 0.890. The van der Waals surface area contributed by atoms with Crippen molar-refractivity contribution < 1.29 is 4.79 Å². The van der Waals surface area contributed by atoms with Crippen molar-refractivity contribution in [3.63, 3.8) is 0 Å². The summed E-state index contributed by atoms with van der Waals surface area (Å²) in [7, 11) is 0. The van der Waals surface area contributed by atoms with E-state index in [2.05, 4.69) is 21.2 Å². The second kappa shape index (κ2) is 7.76. The van der Waals surface area contributed by atoms with Crippen LogP contribution < -0.4 is 5.32 Å². The van der Waals surface area contributed by atoms with Crippen LogP contribution in [0.2, 0.25) is 0 Å². The molecule has 3 aromatic rings. The minimum Gasteiger partial charge on any atom is -0.324 e. The Kier molecular flexibility index (Phi) is 5.15. The molecular weight excluding hydrogens is 454 g/mol. The third-order valence-corrected chi connectivity index (χ3v) is 8.08. The molecule has 0 spiro atoms. The number of rotatable bonds is 5. The number of carbonyl (C=O) groups excluding carboxylic acids is 1. The number of anilines is 1. The monoisotopic (exact) mass is 473 g/mol. The lowest BCUT2D eigenvalue weighted by atomic mass is 9.97. The number of hydrogen-bond donors (Lipinski definition) is 1. The second-order valence-electron chi connectivity index (χ2n) is 7.37. The van der Waals surface area contributed by atoms with Gasteiger partial charge < -0.3 is 5.32 Å². The number of aromatic nitrogens is 2. The van der Waals surface area contributed by atoms with Crippen molar-refractivity contribution in [1.82, 2.24) is 9.97 Å². The third kappa shape index (κ3) is 3.72. The van der Waals surface area contributed by atoms with Gasteiger partial charge in [0.05, 0.1) is 11.4 Å². The van der Waals surface area contributed by atoms with E-state index in [9.17, 15) is 4.79 Å².